The predicted octanol–water partition coefficient (Wildman–Crippen LogP) is 3.28. The number of para-hydroxylation sites is 1. The molecule has 0 aliphatic carbocycles. The standard InChI is InChI=1S/C12H7N3O2S/c13-7-9-5-6-18-12(9)14-8-10-3-1-2-4-11(10)15(16)17/h1-6,8H. The highest BCUT2D eigenvalue weighted by molar-refractivity contribution is 7.14. The molecular formula is C12H7N3O2S. The predicted molar refractivity (Wildman–Crippen MR) is 69.4 cm³/mol. The lowest BCUT2D eigenvalue weighted by atomic mass is 10.2. The summed E-state index contributed by atoms with van der Waals surface area (Å²) in [6.07, 6.45) is 1.41. The summed E-state index contributed by atoms with van der Waals surface area (Å²) >= 11 is 1.32. The molecule has 2 aromatic rings. The normalized spacial score (nSPS) is 10.4. The number of thiophene rings is 1. The molecule has 0 bridgehead atoms. The molecule has 2 rings (SSSR count). The van der Waals surface area contributed by atoms with Gasteiger partial charge in [0.05, 0.1) is 16.1 Å². The van der Waals surface area contributed by atoms with E-state index in [1.165, 1.54) is 23.6 Å². The number of hydrogen-bond donors (Lipinski definition) is 0. The molecule has 0 fully saturated rings. The van der Waals surface area contributed by atoms with Gasteiger partial charge in [-0.3, -0.25) is 10.1 Å². The second-order valence-electron chi connectivity index (χ2n) is 3.33. The largest absolute Gasteiger partial charge is 0.278 e. The third kappa shape index (κ3) is 2.42. The zero-order chi connectivity index (χ0) is 13.0. The van der Waals surface area contributed by atoms with Crippen molar-refractivity contribution in [3.05, 3.63) is 57.0 Å². The maximum absolute atomic E-state index is 10.8. The summed E-state index contributed by atoms with van der Waals surface area (Å²) in [6, 6.07) is 10.0. The molecule has 0 N–H and O–H groups in total. The summed E-state index contributed by atoms with van der Waals surface area (Å²) in [5.74, 6) is 0. The molecule has 0 saturated heterocycles. The second-order valence-corrected chi connectivity index (χ2v) is 4.22. The number of nitriles is 1. The lowest BCUT2D eigenvalue weighted by Gasteiger charge is -1.95. The smallest absolute Gasteiger partial charge is 0.258 e. The molecule has 6 heteroatoms. The van der Waals surface area contributed by atoms with Gasteiger partial charge in [0.25, 0.3) is 5.69 Å². The molecule has 88 valence electrons. The van der Waals surface area contributed by atoms with Gasteiger partial charge in [0.1, 0.15) is 11.1 Å². The van der Waals surface area contributed by atoms with Gasteiger partial charge < -0.3 is 0 Å². The summed E-state index contributed by atoms with van der Waals surface area (Å²) in [6.45, 7) is 0. The number of hydrogen-bond acceptors (Lipinski definition) is 5. The molecule has 18 heavy (non-hydrogen) atoms. The zero-order valence-corrected chi connectivity index (χ0v) is 9.92. The second kappa shape index (κ2) is 5.21. The van der Waals surface area contributed by atoms with E-state index in [4.69, 9.17) is 5.26 Å². The Balaban J connectivity index is 2.36. The fraction of sp³-hybridized carbons (Fsp3) is 0. The van der Waals surface area contributed by atoms with E-state index in [0.29, 0.717) is 16.1 Å². The Morgan fingerprint density at radius 2 is 2.17 bits per heavy atom. The fourth-order valence-corrected chi connectivity index (χ4v) is 2.06. The molecule has 1 aromatic heterocycles. The zero-order valence-electron chi connectivity index (χ0n) is 9.11. The van der Waals surface area contributed by atoms with Crippen LogP contribution in [0.3, 0.4) is 0 Å². The first kappa shape index (κ1) is 12.0. The van der Waals surface area contributed by atoms with Crippen molar-refractivity contribution < 1.29 is 4.92 Å². The van der Waals surface area contributed by atoms with Gasteiger partial charge in [-0.2, -0.15) is 5.26 Å². The molecule has 0 unspecified atom stereocenters. The molecule has 0 amide bonds. The molecule has 0 saturated carbocycles. The van der Waals surface area contributed by atoms with E-state index in [2.05, 4.69) is 4.99 Å². The molecule has 1 aromatic carbocycles. The lowest BCUT2D eigenvalue weighted by molar-refractivity contribution is -0.385. The first-order valence-corrected chi connectivity index (χ1v) is 5.85. The number of nitro benzene ring substituents is 1. The monoisotopic (exact) mass is 257 g/mol. The van der Waals surface area contributed by atoms with Crippen LogP contribution in [-0.4, -0.2) is 11.1 Å². The SMILES string of the molecule is N#Cc1ccsc1N=Cc1ccccc1[N+](=O)[O-]. The topological polar surface area (TPSA) is 79.3 Å². The van der Waals surface area contributed by atoms with E-state index in [0.717, 1.165) is 0 Å². The minimum absolute atomic E-state index is 0.00341. The minimum atomic E-state index is -0.457. The number of rotatable bonds is 3. The molecule has 0 spiro atoms. The van der Waals surface area contributed by atoms with E-state index < -0.39 is 4.92 Å². The van der Waals surface area contributed by atoms with Crippen LogP contribution in [0.1, 0.15) is 11.1 Å². The summed E-state index contributed by atoms with van der Waals surface area (Å²) < 4.78 is 0. The molecule has 0 radical (unpaired) electrons. The first-order chi connectivity index (χ1) is 8.72. The van der Waals surface area contributed by atoms with Crippen molar-refractivity contribution >= 4 is 28.2 Å². The number of nitrogens with zero attached hydrogens (tertiary/aromatic N) is 3. The van der Waals surface area contributed by atoms with Crippen LogP contribution in [0.4, 0.5) is 10.7 Å². The maximum Gasteiger partial charge on any atom is 0.278 e. The summed E-state index contributed by atoms with van der Waals surface area (Å²) in [5, 5.41) is 21.9. The van der Waals surface area contributed by atoms with Gasteiger partial charge >= 0.3 is 0 Å². The Morgan fingerprint density at radius 3 is 2.89 bits per heavy atom. The van der Waals surface area contributed by atoms with Crippen LogP contribution in [0.2, 0.25) is 0 Å². The van der Waals surface area contributed by atoms with Gasteiger partial charge in [0.15, 0.2) is 0 Å². The lowest BCUT2D eigenvalue weighted by Crippen LogP contribution is -1.93. The summed E-state index contributed by atoms with van der Waals surface area (Å²) in [4.78, 5) is 14.5. The molecule has 0 atom stereocenters. The van der Waals surface area contributed by atoms with E-state index in [1.54, 1.807) is 29.6 Å². The van der Waals surface area contributed by atoms with Crippen molar-refractivity contribution in [3.8, 4) is 6.07 Å². The van der Waals surface area contributed by atoms with Crippen LogP contribution in [0.15, 0.2) is 40.7 Å². The van der Waals surface area contributed by atoms with E-state index in [9.17, 15) is 10.1 Å². The molecular weight excluding hydrogens is 250 g/mol. The Hall–Kier alpha value is -2.52. The maximum atomic E-state index is 10.8. The third-order valence-electron chi connectivity index (χ3n) is 2.22. The van der Waals surface area contributed by atoms with Gasteiger partial charge in [-0.25, -0.2) is 4.99 Å². The number of aliphatic imine (C=N–C) groups is 1. The number of nitro groups is 1. The van der Waals surface area contributed by atoms with Gasteiger partial charge in [-0.05, 0) is 17.5 Å². The average molecular weight is 257 g/mol. The van der Waals surface area contributed by atoms with Gasteiger partial charge in [-0.1, -0.05) is 12.1 Å². The summed E-state index contributed by atoms with van der Waals surface area (Å²) in [7, 11) is 0. The summed E-state index contributed by atoms with van der Waals surface area (Å²) in [5.41, 5.74) is 0.880. The van der Waals surface area contributed by atoms with Crippen molar-refractivity contribution in [1.82, 2.24) is 0 Å². The van der Waals surface area contributed by atoms with E-state index in [1.807, 2.05) is 6.07 Å². The van der Waals surface area contributed by atoms with Crippen molar-refractivity contribution in [1.29, 1.82) is 5.26 Å². The van der Waals surface area contributed by atoms with E-state index in [-0.39, 0.29) is 5.69 Å². The highest BCUT2D eigenvalue weighted by Crippen LogP contribution is 2.26. The van der Waals surface area contributed by atoms with Crippen molar-refractivity contribution in [2.45, 2.75) is 0 Å². The molecule has 1 heterocycles. The van der Waals surface area contributed by atoms with Crippen LogP contribution < -0.4 is 0 Å². The Labute approximate surface area is 107 Å². The van der Waals surface area contributed by atoms with Gasteiger partial charge in [-0.15, -0.1) is 11.3 Å². The van der Waals surface area contributed by atoms with E-state index >= 15 is 0 Å². The highest BCUT2D eigenvalue weighted by Gasteiger charge is 2.10. The van der Waals surface area contributed by atoms with Crippen LogP contribution >= 0.6 is 11.3 Å². The molecule has 0 aliphatic rings. The van der Waals surface area contributed by atoms with Gasteiger partial charge in [0, 0.05) is 12.3 Å². The van der Waals surface area contributed by atoms with Crippen LogP contribution in [0.5, 0.6) is 0 Å². The Bertz CT molecular complexity index is 655. The third-order valence-corrected chi connectivity index (χ3v) is 3.04. The fourth-order valence-electron chi connectivity index (χ4n) is 1.38. The van der Waals surface area contributed by atoms with Crippen LogP contribution in [-0.2, 0) is 0 Å². The Kier molecular flexibility index (Phi) is 3.46. The molecule has 5 nitrogen and oxygen atoms in total. The molecule has 0 aliphatic heterocycles. The van der Waals surface area contributed by atoms with Crippen LogP contribution in [0.25, 0.3) is 0 Å². The Morgan fingerprint density at radius 1 is 1.39 bits per heavy atom. The first-order valence-electron chi connectivity index (χ1n) is 4.97. The quantitative estimate of drug-likeness (QED) is 0.480. The van der Waals surface area contributed by atoms with Crippen molar-refractivity contribution in [2.24, 2.45) is 4.99 Å². The van der Waals surface area contributed by atoms with Gasteiger partial charge in [0.2, 0.25) is 0 Å². The van der Waals surface area contributed by atoms with Crippen molar-refractivity contribution in [3.63, 3.8) is 0 Å². The average Bonchev–Trinajstić information content (AvgIpc) is 2.84. The minimum Gasteiger partial charge on any atom is -0.258 e. The highest BCUT2D eigenvalue weighted by atomic mass is 32.1. The number of benzene rings is 1. The van der Waals surface area contributed by atoms with Crippen molar-refractivity contribution in [2.75, 3.05) is 0 Å². The van der Waals surface area contributed by atoms with Crippen LogP contribution in [0, 0.1) is 21.4 Å².